The summed E-state index contributed by atoms with van der Waals surface area (Å²) in [5.41, 5.74) is 1.17. The second kappa shape index (κ2) is 7.15. The van der Waals surface area contributed by atoms with Gasteiger partial charge < -0.3 is 9.15 Å². The number of furan rings is 1. The molecule has 0 unspecified atom stereocenters. The van der Waals surface area contributed by atoms with E-state index >= 15 is 0 Å². The van der Waals surface area contributed by atoms with Gasteiger partial charge in [0.15, 0.2) is 12.4 Å². The molecule has 0 aliphatic carbocycles. The van der Waals surface area contributed by atoms with Gasteiger partial charge in [0.2, 0.25) is 5.76 Å². The van der Waals surface area contributed by atoms with Gasteiger partial charge in [0.25, 0.3) is 0 Å². The first-order valence-electron chi connectivity index (χ1n) is 7.25. The lowest BCUT2D eigenvalue weighted by Gasteiger charge is -2.03. The smallest absolute Gasteiger partial charge is 0.374 e. The molecule has 5 heteroatoms. The van der Waals surface area contributed by atoms with Crippen LogP contribution in [0.2, 0.25) is 5.02 Å². The average molecular weight is 341 g/mol. The van der Waals surface area contributed by atoms with Gasteiger partial charge in [-0.2, -0.15) is 0 Å². The lowest BCUT2D eigenvalue weighted by Crippen LogP contribution is -2.13. The molecule has 0 saturated heterocycles. The molecule has 3 rings (SSSR count). The molecule has 0 bridgehead atoms. The SMILES string of the molecule is O=C(COC(=O)c1ccc(-c2ccccc2Cl)o1)c1ccccc1. The molecule has 2 aromatic carbocycles. The number of hydrogen-bond acceptors (Lipinski definition) is 4. The van der Waals surface area contributed by atoms with Crippen molar-refractivity contribution in [2.45, 2.75) is 0 Å². The highest BCUT2D eigenvalue weighted by atomic mass is 35.5. The molecular formula is C19H13ClO4. The Morgan fingerprint density at radius 3 is 2.38 bits per heavy atom. The van der Waals surface area contributed by atoms with E-state index < -0.39 is 5.97 Å². The number of ketones is 1. The summed E-state index contributed by atoms with van der Waals surface area (Å²) in [6.45, 7) is -0.342. The molecule has 0 aliphatic rings. The van der Waals surface area contributed by atoms with Crippen LogP contribution in [-0.2, 0) is 4.74 Å². The summed E-state index contributed by atoms with van der Waals surface area (Å²) in [6, 6.07) is 18.9. The monoisotopic (exact) mass is 340 g/mol. The number of esters is 1. The largest absolute Gasteiger partial charge is 0.451 e. The fourth-order valence-corrected chi connectivity index (χ4v) is 2.39. The molecule has 0 atom stereocenters. The van der Waals surface area contributed by atoms with Crippen molar-refractivity contribution in [1.82, 2.24) is 0 Å². The van der Waals surface area contributed by atoms with Gasteiger partial charge in [-0.25, -0.2) is 4.79 Å². The first-order chi connectivity index (χ1) is 11.6. The number of ether oxygens (including phenoxy) is 1. The molecule has 0 aliphatic heterocycles. The topological polar surface area (TPSA) is 56.5 Å². The molecule has 4 nitrogen and oxygen atoms in total. The number of carbonyl (C=O) groups is 2. The highest BCUT2D eigenvalue weighted by Gasteiger charge is 2.16. The van der Waals surface area contributed by atoms with Crippen LogP contribution in [0.1, 0.15) is 20.9 Å². The van der Waals surface area contributed by atoms with Gasteiger partial charge in [0, 0.05) is 11.1 Å². The average Bonchev–Trinajstić information content (AvgIpc) is 3.10. The summed E-state index contributed by atoms with van der Waals surface area (Å²) in [5.74, 6) is -0.493. The number of benzene rings is 2. The van der Waals surface area contributed by atoms with Crippen molar-refractivity contribution in [3.05, 3.63) is 83.1 Å². The summed E-state index contributed by atoms with van der Waals surface area (Å²) >= 11 is 6.10. The van der Waals surface area contributed by atoms with Crippen molar-refractivity contribution < 1.29 is 18.7 Å². The van der Waals surface area contributed by atoms with Gasteiger partial charge >= 0.3 is 5.97 Å². The fraction of sp³-hybridized carbons (Fsp3) is 0.0526. The molecule has 24 heavy (non-hydrogen) atoms. The zero-order chi connectivity index (χ0) is 16.9. The molecule has 3 aromatic rings. The van der Waals surface area contributed by atoms with E-state index in [2.05, 4.69) is 0 Å². The van der Waals surface area contributed by atoms with Crippen LogP contribution in [0.15, 0.2) is 71.1 Å². The van der Waals surface area contributed by atoms with Gasteiger partial charge in [0.1, 0.15) is 5.76 Å². The Kier molecular flexibility index (Phi) is 4.77. The van der Waals surface area contributed by atoms with Crippen molar-refractivity contribution in [1.29, 1.82) is 0 Å². The molecule has 1 heterocycles. The third-order valence-corrected chi connectivity index (χ3v) is 3.71. The highest BCUT2D eigenvalue weighted by Crippen LogP contribution is 2.29. The van der Waals surface area contributed by atoms with E-state index in [1.54, 1.807) is 48.5 Å². The minimum atomic E-state index is -0.697. The highest BCUT2D eigenvalue weighted by molar-refractivity contribution is 6.33. The van der Waals surface area contributed by atoms with Crippen LogP contribution >= 0.6 is 11.6 Å². The molecule has 0 N–H and O–H groups in total. The van der Waals surface area contributed by atoms with E-state index in [1.807, 2.05) is 12.1 Å². The maximum absolute atomic E-state index is 12.0. The van der Waals surface area contributed by atoms with Crippen LogP contribution in [0.4, 0.5) is 0 Å². The molecule has 0 saturated carbocycles. The zero-order valence-corrected chi connectivity index (χ0v) is 13.3. The van der Waals surface area contributed by atoms with E-state index in [1.165, 1.54) is 6.07 Å². The maximum Gasteiger partial charge on any atom is 0.374 e. The fourth-order valence-electron chi connectivity index (χ4n) is 2.16. The van der Waals surface area contributed by atoms with E-state index in [0.717, 1.165) is 0 Å². The zero-order valence-electron chi connectivity index (χ0n) is 12.6. The summed E-state index contributed by atoms with van der Waals surface area (Å²) in [5, 5.41) is 0.519. The van der Waals surface area contributed by atoms with E-state index in [-0.39, 0.29) is 18.2 Å². The first kappa shape index (κ1) is 16.0. The van der Waals surface area contributed by atoms with Gasteiger partial charge in [-0.05, 0) is 24.3 Å². The molecule has 120 valence electrons. The summed E-state index contributed by atoms with van der Waals surface area (Å²) in [4.78, 5) is 23.9. The van der Waals surface area contributed by atoms with Crippen LogP contribution in [0.3, 0.4) is 0 Å². The number of hydrogen-bond donors (Lipinski definition) is 0. The third-order valence-electron chi connectivity index (χ3n) is 3.38. The second-order valence-electron chi connectivity index (χ2n) is 5.01. The molecular weight excluding hydrogens is 328 g/mol. The van der Waals surface area contributed by atoms with E-state index in [0.29, 0.717) is 21.9 Å². The van der Waals surface area contributed by atoms with Crippen molar-refractivity contribution in [2.75, 3.05) is 6.61 Å². The standard InChI is InChI=1S/C19H13ClO4/c20-15-9-5-4-8-14(15)17-10-11-18(24-17)19(22)23-12-16(21)13-6-2-1-3-7-13/h1-11H,12H2. The van der Waals surface area contributed by atoms with Crippen molar-refractivity contribution >= 4 is 23.4 Å². The first-order valence-corrected chi connectivity index (χ1v) is 7.63. The molecule has 0 fully saturated rings. The summed E-state index contributed by atoms with van der Waals surface area (Å²) in [6.07, 6.45) is 0. The lowest BCUT2D eigenvalue weighted by molar-refractivity contribution is 0.0445. The molecule has 0 radical (unpaired) electrons. The van der Waals surface area contributed by atoms with Gasteiger partial charge in [-0.3, -0.25) is 4.79 Å². The Bertz CT molecular complexity index is 868. The maximum atomic E-state index is 12.0. The van der Waals surface area contributed by atoms with Crippen molar-refractivity contribution in [3.8, 4) is 11.3 Å². The molecule has 0 amide bonds. The minimum Gasteiger partial charge on any atom is -0.451 e. The Labute approximate surface area is 143 Å². The normalized spacial score (nSPS) is 10.4. The van der Waals surface area contributed by atoms with E-state index in [4.69, 9.17) is 20.8 Å². The minimum absolute atomic E-state index is 0.0192. The quantitative estimate of drug-likeness (QED) is 0.501. The third kappa shape index (κ3) is 3.55. The lowest BCUT2D eigenvalue weighted by atomic mass is 10.1. The van der Waals surface area contributed by atoms with Crippen LogP contribution in [0.5, 0.6) is 0 Å². The predicted octanol–water partition coefficient (Wildman–Crippen LogP) is 4.64. The predicted molar refractivity (Wildman–Crippen MR) is 90.2 cm³/mol. The van der Waals surface area contributed by atoms with Gasteiger partial charge in [-0.1, -0.05) is 54.1 Å². The Balaban J connectivity index is 1.66. The van der Waals surface area contributed by atoms with Crippen LogP contribution in [0, 0.1) is 0 Å². The number of carbonyl (C=O) groups excluding carboxylic acids is 2. The Hall–Kier alpha value is -2.85. The second-order valence-corrected chi connectivity index (χ2v) is 5.42. The van der Waals surface area contributed by atoms with Crippen LogP contribution < -0.4 is 0 Å². The Morgan fingerprint density at radius 2 is 1.62 bits per heavy atom. The number of halogens is 1. The Morgan fingerprint density at radius 1 is 0.917 bits per heavy atom. The van der Waals surface area contributed by atoms with E-state index in [9.17, 15) is 9.59 Å². The van der Waals surface area contributed by atoms with Crippen molar-refractivity contribution in [2.24, 2.45) is 0 Å². The number of rotatable bonds is 5. The summed E-state index contributed by atoms with van der Waals surface area (Å²) in [7, 11) is 0. The molecule has 0 spiro atoms. The van der Waals surface area contributed by atoms with Crippen molar-refractivity contribution in [3.63, 3.8) is 0 Å². The van der Waals surface area contributed by atoms with Crippen LogP contribution in [0.25, 0.3) is 11.3 Å². The molecule has 1 aromatic heterocycles. The summed E-state index contributed by atoms with van der Waals surface area (Å²) < 4.78 is 10.5. The number of Topliss-reactive ketones (excluding diaryl/α,β-unsaturated/α-hetero) is 1. The van der Waals surface area contributed by atoms with Gasteiger partial charge in [-0.15, -0.1) is 0 Å². The van der Waals surface area contributed by atoms with Crippen LogP contribution in [-0.4, -0.2) is 18.4 Å². The van der Waals surface area contributed by atoms with Gasteiger partial charge in [0.05, 0.1) is 5.02 Å².